The van der Waals surface area contributed by atoms with Gasteiger partial charge in [-0.1, -0.05) is 17.7 Å². The van der Waals surface area contributed by atoms with Gasteiger partial charge in [0.25, 0.3) is 0 Å². The van der Waals surface area contributed by atoms with Crippen molar-refractivity contribution in [1.82, 2.24) is 0 Å². The summed E-state index contributed by atoms with van der Waals surface area (Å²) in [6.45, 7) is 4.99. The van der Waals surface area contributed by atoms with Crippen LogP contribution in [-0.4, -0.2) is 6.29 Å². The van der Waals surface area contributed by atoms with Gasteiger partial charge in [-0.25, -0.2) is 17.6 Å². The largest absolute Gasteiger partial charge is 0.298 e. The highest BCUT2D eigenvalue weighted by Crippen LogP contribution is 2.35. The van der Waals surface area contributed by atoms with Crippen molar-refractivity contribution >= 4 is 6.29 Å². The normalized spacial score (nSPS) is 10.8. The molecule has 0 unspecified atom stereocenters. The fourth-order valence-electron chi connectivity index (χ4n) is 2.55. The zero-order chi connectivity index (χ0) is 15.9. The molecular formula is C16H12F4O. The van der Waals surface area contributed by atoms with Gasteiger partial charge >= 0.3 is 0 Å². The molecule has 0 N–H and O–H groups in total. The van der Waals surface area contributed by atoms with Crippen molar-refractivity contribution in [3.05, 3.63) is 57.7 Å². The van der Waals surface area contributed by atoms with Crippen LogP contribution >= 0.6 is 0 Å². The molecule has 0 atom stereocenters. The number of aryl methyl sites for hydroxylation is 3. The smallest absolute Gasteiger partial charge is 0.173 e. The molecule has 0 fully saturated rings. The number of rotatable bonds is 2. The minimum atomic E-state index is -1.68. The number of carbonyl (C=O) groups excluding carboxylic acids is 1. The summed E-state index contributed by atoms with van der Waals surface area (Å²) in [7, 11) is 0. The van der Waals surface area contributed by atoms with Crippen molar-refractivity contribution in [2.75, 3.05) is 0 Å². The Bertz CT molecular complexity index is 698. The average Bonchev–Trinajstić information content (AvgIpc) is 2.40. The molecule has 5 heteroatoms. The summed E-state index contributed by atoms with van der Waals surface area (Å²) in [4.78, 5) is 10.6. The number of aldehydes is 1. The molecule has 2 rings (SSSR count). The summed E-state index contributed by atoms with van der Waals surface area (Å²) < 4.78 is 55.6. The minimum Gasteiger partial charge on any atom is -0.298 e. The van der Waals surface area contributed by atoms with Crippen molar-refractivity contribution in [3.8, 4) is 11.1 Å². The molecule has 0 spiro atoms. The second-order valence-corrected chi connectivity index (χ2v) is 4.94. The van der Waals surface area contributed by atoms with E-state index < -0.39 is 34.4 Å². The van der Waals surface area contributed by atoms with Crippen LogP contribution in [0, 0.1) is 44.0 Å². The summed E-state index contributed by atoms with van der Waals surface area (Å²) >= 11 is 0. The Balaban J connectivity index is 2.92. The van der Waals surface area contributed by atoms with Crippen LogP contribution in [0.2, 0.25) is 0 Å². The second kappa shape index (κ2) is 5.31. The zero-order valence-electron chi connectivity index (χ0n) is 11.7. The Labute approximate surface area is 119 Å². The first-order valence-corrected chi connectivity index (χ1v) is 6.19. The Morgan fingerprint density at radius 2 is 1.19 bits per heavy atom. The van der Waals surface area contributed by atoms with Crippen LogP contribution < -0.4 is 0 Å². The third-order valence-electron chi connectivity index (χ3n) is 3.34. The van der Waals surface area contributed by atoms with Gasteiger partial charge in [0, 0.05) is 0 Å². The first-order chi connectivity index (χ1) is 9.79. The van der Waals surface area contributed by atoms with Crippen LogP contribution in [0.3, 0.4) is 0 Å². The van der Waals surface area contributed by atoms with Gasteiger partial charge in [-0.2, -0.15) is 0 Å². The molecule has 0 aliphatic carbocycles. The van der Waals surface area contributed by atoms with E-state index in [-0.39, 0.29) is 11.8 Å². The van der Waals surface area contributed by atoms with E-state index in [2.05, 4.69) is 0 Å². The lowest BCUT2D eigenvalue weighted by atomic mass is 9.92. The van der Waals surface area contributed by atoms with Crippen LogP contribution in [0.15, 0.2) is 12.1 Å². The van der Waals surface area contributed by atoms with Crippen LogP contribution in [0.1, 0.15) is 27.0 Å². The van der Waals surface area contributed by atoms with Gasteiger partial charge < -0.3 is 0 Å². The molecule has 21 heavy (non-hydrogen) atoms. The molecule has 0 saturated carbocycles. The van der Waals surface area contributed by atoms with E-state index in [9.17, 15) is 22.4 Å². The van der Waals surface area contributed by atoms with Crippen LogP contribution in [0.5, 0.6) is 0 Å². The predicted molar refractivity (Wildman–Crippen MR) is 71.3 cm³/mol. The van der Waals surface area contributed by atoms with Gasteiger partial charge in [-0.3, -0.25) is 4.79 Å². The number of halogens is 4. The molecule has 0 aliphatic heterocycles. The molecule has 110 valence electrons. The van der Waals surface area contributed by atoms with Crippen LogP contribution in [0.4, 0.5) is 17.6 Å². The maximum atomic E-state index is 14.1. The zero-order valence-corrected chi connectivity index (χ0v) is 11.7. The van der Waals surface area contributed by atoms with Gasteiger partial charge in [0.15, 0.2) is 29.6 Å². The average molecular weight is 296 g/mol. The molecule has 0 aliphatic rings. The molecule has 0 aromatic heterocycles. The summed E-state index contributed by atoms with van der Waals surface area (Å²) in [5.41, 5.74) is -0.0986. The number of benzene rings is 2. The highest BCUT2D eigenvalue weighted by Gasteiger charge is 2.27. The van der Waals surface area contributed by atoms with E-state index in [4.69, 9.17) is 0 Å². The van der Waals surface area contributed by atoms with Crippen molar-refractivity contribution in [2.24, 2.45) is 0 Å². The topological polar surface area (TPSA) is 17.1 Å². The molecular weight excluding hydrogens is 284 g/mol. The van der Waals surface area contributed by atoms with E-state index >= 15 is 0 Å². The Hall–Kier alpha value is -2.17. The lowest BCUT2D eigenvalue weighted by Crippen LogP contribution is -2.07. The summed E-state index contributed by atoms with van der Waals surface area (Å²) in [6, 6.07) is 3.31. The fraction of sp³-hybridized carbons (Fsp3) is 0.188. The predicted octanol–water partition coefficient (Wildman–Crippen LogP) is 4.65. The Morgan fingerprint density at radius 3 is 1.57 bits per heavy atom. The standard InChI is InChI=1S/C16H12F4O/c1-7-4-8(2)11(9(3)5-7)12-15(19)13(17)10(6-21)14(18)16(12)20/h4-6H,1-3H3. The third kappa shape index (κ3) is 2.33. The van der Waals surface area contributed by atoms with Gasteiger partial charge in [-0.05, 0) is 37.5 Å². The van der Waals surface area contributed by atoms with E-state index in [1.54, 1.807) is 32.9 Å². The first-order valence-electron chi connectivity index (χ1n) is 6.19. The SMILES string of the molecule is Cc1cc(C)c(-c2c(F)c(F)c(C=O)c(F)c2F)c(C)c1. The van der Waals surface area contributed by atoms with Crippen LogP contribution in [-0.2, 0) is 0 Å². The molecule has 2 aromatic rings. The van der Waals surface area contributed by atoms with Crippen LogP contribution in [0.25, 0.3) is 11.1 Å². The van der Waals surface area contributed by atoms with Crippen molar-refractivity contribution in [1.29, 1.82) is 0 Å². The highest BCUT2D eigenvalue weighted by molar-refractivity contribution is 5.80. The maximum absolute atomic E-state index is 14.1. The van der Waals surface area contributed by atoms with Gasteiger partial charge in [0.05, 0.1) is 11.1 Å². The van der Waals surface area contributed by atoms with E-state index in [0.717, 1.165) is 5.56 Å². The van der Waals surface area contributed by atoms with E-state index in [0.29, 0.717) is 11.1 Å². The molecule has 2 aromatic carbocycles. The van der Waals surface area contributed by atoms with Crippen molar-refractivity contribution in [2.45, 2.75) is 20.8 Å². The van der Waals surface area contributed by atoms with Crippen molar-refractivity contribution in [3.63, 3.8) is 0 Å². The van der Waals surface area contributed by atoms with E-state index in [1.165, 1.54) is 0 Å². The molecule has 0 saturated heterocycles. The first kappa shape index (κ1) is 15.2. The van der Waals surface area contributed by atoms with Gasteiger partial charge in [0.2, 0.25) is 0 Å². The maximum Gasteiger partial charge on any atom is 0.173 e. The summed E-state index contributed by atoms with van der Waals surface area (Å²) in [5.74, 6) is -6.49. The quantitative estimate of drug-likeness (QED) is 0.448. The molecule has 0 radical (unpaired) electrons. The van der Waals surface area contributed by atoms with Crippen molar-refractivity contribution < 1.29 is 22.4 Å². The molecule has 0 amide bonds. The molecule has 1 nitrogen and oxygen atoms in total. The highest BCUT2D eigenvalue weighted by atomic mass is 19.2. The van der Waals surface area contributed by atoms with Gasteiger partial charge in [0.1, 0.15) is 0 Å². The minimum absolute atomic E-state index is 0.0887. The number of carbonyl (C=O) groups is 1. The van der Waals surface area contributed by atoms with Gasteiger partial charge in [-0.15, -0.1) is 0 Å². The summed E-state index contributed by atoms with van der Waals surface area (Å²) in [5, 5.41) is 0. The third-order valence-corrected chi connectivity index (χ3v) is 3.34. The lowest BCUT2D eigenvalue weighted by molar-refractivity contribution is 0.111. The summed E-state index contributed by atoms with van der Waals surface area (Å²) in [6.07, 6.45) is -0.241. The number of hydrogen-bond donors (Lipinski definition) is 0. The lowest BCUT2D eigenvalue weighted by Gasteiger charge is -2.15. The Morgan fingerprint density at radius 1 is 0.762 bits per heavy atom. The second-order valence-electron chi connectivity index (χ2n) is 4.94. The molecule has 0 heterocycles. The molecule has 0 bridgehead atoms. The number of hydrogen-bond acceptors (Lipinski definition) is 1. The monoisotopic (exact) mass is 296 g/mol. The Kier molecular flexibility index (Phi) is 3.85. The van der Waals surface area contributed by atoms with E-state index in [1.807, 2.05) is 0 Å². The fourth-order valence-corrected chi connectivity index (χ4v) is 2.55.